The van der Waals surface area contributed by atoms with Crippen molar-refractivity contribution in [2.75, 3.05) is 26.3 Å². The number of ether oxygens (including phenoxy) is 2. The zero-order valence-corrected chi connectivity index (χ0v) is 8.75. The molecule has 2 heterocycles. The summed E-state index contributed by atoms with van der Waals surface area (Å²) in [7, 11) is 0. The molecule has 0 aromatic carbocycles. The van der Waals surface area contributed by atoms with Gasteiger partial charge in [0.15, 0.2) is 0 Å². The molecule has 2 atom stereocenters. The maximum Gasteiger partial charge on any atom is 0.0940 e. The van der Waals surface area contributed by atoms with Crippen molar-refractivity contribution in [2.45, 2.75) is 38.5 Å². The zero-order chi connectivity index (χ0) is 9.47. The molecule has 2 unspecified atom stereocenters. The van der Waals surface area contributed by atoms with Crippen LogP contribution in [0.2, 0.25) is 0 Å². The monoisotopic (exact) mass is 185 g/mol. The van der Waals surface area contributed by atoms with Gasteiger partial charge >= 0.3 is 0 Å². The van der Waals surface area contributed by atoms with Gasteiger partial charge in [-0.25, -0.2) is 0 Å². The van der Waals surface area contributed by atoms with Crippen LogP contribution in [0.4, 0.5) is 0 Å². The van der Waals surface area contributed by atoms with Gasteiger partial charge in [-0.1, -0.05) is 0 Å². The Bertz CT molecular complexity index is 176. The van der Waals surface area contributed by atoms with Gasteiger partial charge in [0.1, 0.15) is 0 Å². The van der Waals surface area contributed by atoms with Crippen molar-refractivity contribution in [1.29, 1.82) is 0 Å². The Morgan fingerprint density at radius 1 is 1.08 bits per heavy atom. The SMILES string of the molecule is CC(C)(C)N1CC2COCC(C1)O2. The third-order valence-corrected chi connectivity index (χ3v) is 2.79. The Morgan fingerprint density at radius 3 is 2.08 bits per heavy atom. The van der Waals surface area contributed by atoms with Crippen molar-refractivity contribution < 1.29 is 9.47 Å². The molecule has 0 aliphatic carbocycles. The molecule has 3 nitrogen and oxygen atoms in total. The van der Waals surface area contributed by atoms with Gasteiger partial charge in [-0.05, 0) is 20.8 Å². The van der Waals surface area contributed by atoms with Crippen molar-refractivity contribution in [3.05, 3.63) is 0 Å². The van der Waals surface area contributed by atoms with Crippen LogP contribution in [0.15, 0.2) is 0 Å². The molecule has 0 saturated carbocycles. The highest BCUT2D eigenvalue weighted by molar-refractivity contribution is 4.87. The second-order valence-corrected chi connectivity index (χ2v) is 4.99. The fraction of sp³-hybridized carbons (Fsp3) is 1.00. The first-order chi connectivity index (χ1) is 6.05. The summed E-state index contributed by atoms with van der Waals surface area (Å²) >= 11 is 0. The molecule has 0 amide bonds. The van der Waals surface area contributed by atoms with E-state index in [1.165, 1.54) is 0 Å². The minimum absolute atomic E-state index is 0.262. The Kier molecular flexibility index (Phi) is 2.34. The first-order valence-corrected chi connectivity index (χ1v) is 5.04. The van der Waals surface area contributed by atoms with Crippen LogP contribution in [0, 0.1) is 0 Å². The van der Waals surface area contributed by atoms with Crippen molar-refractivity contribution in [3.8, 4) is 0 Å². The summed E-state index contributed by atoms with van der Waals surface area (Å²) in [5.41, 5.74) is 0.262. The Labute approximate surface area is 80.0 Å². The summed E-state index contributed by atoms with van der Waals surface area (Å²) in [6.45, 7) is 10.3. The highest BCUT2D eigenvalue weighted by Gasteiger charge is 2.36. The fourth-order valence-corrected chi connectivity index (χ4v) is 1.99. The van der Waals surface area contributed by atoms with E-state index < -0.39 is 0 Å². The topological polar surface area (TPSA) is 21.7 Å². The maximum atomic E-state index is 5.78. The second-order valence-electron chi connectivity index (χ2n) is 4.99. The molecule has 0 aromatic rings. The van der Waals surface area contributed by atoms with Gasteiger partial charge in [0, 0.05) is 18.6 Å². The second kappa shape index (κ2) is 3.23. The molecule has 2 aliphatic heterocycles. The van der Waals surface area contributed by atoms with E-state index in [0.29, 0.717) is 12.2 Å². The summed E-state index contributed by atoms with van der Waals surface area (Å²) in [6.07, 6.45) is 0.596. The first-order valence-electron chi connectivity index (χ1n) is 5.04. The number of nitrogens with zero attached hydrogens (tertiary/aromatic N) is 1. The third kappa shape index (κ3) is 2.03. The molecular formula is C10H19NO2. The molecule has 13 heavy (non-hydrogen) atoms. The van der Waals surface area contributed by atoms with Gasteiger partial charge in [0.25, 0.3) is 0 Å². The highest BCUT2D eigenvalue weighted by atomic mass is 16.6. The molecule has 0 aromatic heterocycles. The lowest BCUT2D eigenvalue weighted by Crippen LogP contribution is -2.59. The van der Waals surface area contributed by atoms with E-state index >= 15 is 0 Å². The molecule has 76 valence electrons. The fourth-order valence-electron chi connectivity index (χ4n) is 1.99. The smallest absolute Gasteiger partial charge is 0.0940 e. The van der Waals surface area contributed by atoms with E-state index in [9.17, 15) is 0 Å². The summed E-state index contributed by atoms with van der Waals surface area (Å²) in [5, 5.41) is 0. The van der Waals surface area contributed by atoms with Crippen LogP contribution in [0.1, 0.15) is 20.8 Å². The van der Waals surface area contributed by atoms with Crippen LogP contribution in [-0.2, 0) is 9.47 Å². The average molecular weight is 185 g/mol. The van der Waals surface area contributed by atoms with Gasteiger partial charge in [0.05, 0.1) is 25.4 Å². The molecule has 0 radical (unpaired) electrons. The number of hydrogen-bond donors (Lipinski definition) is 0. The summed E-state index contributed by atoms with van der Waals surface area (Å²) in [5.74, 6) is 0. The predicted octanol–water partition coefficient (Wildman–Crippen LogP) is 0.884. The minimum atomic E-state index is 0.262. The van der Waals surface area contributed by atoms with E-state index in [1.54, 1.807) is 0 Å². The Hall–Kier alpha value is -0.120. The average Bonchev–Trinajstić information content (AvgIpc) is 2.01. The van der Waals surface area contributed by atoms with Crippen molar-refractivity contribution in [3.63, 3.8) is 0 Å². The lowest BCUT2D eigenvalue weighted by atomic mass is 10.0. The van der Waals surface area contributed by atoms with E-state index in [2.05, 4.69) is 25.7 Å². The van der Waals surface area contributed by atoms with Crippen molar-refractivity contribution in [2.24, 2.45) is 0 Å². The molecule has 0 spiro atoms. The van der Waals surface area contributed by atoms with E-state index in [1.807, 2.05) is 0 Å². The summed E-state index contributed by atoms with van der Waals surface area (Å²) in [6, 6.07) is 0. The van der Waals surface area contributed by atoms with Crippen LogP contribution in [0.5, 0.6) is 0 Å². The number of morpholine rings is 1. The van der Waals surface area contributed by atoms with Crippen LogP contribution < -0.4 is 0 Å². The number of rotatable bonds is 0. The number of fused-ring (bicyclic) bond motifs is 2. The molecule has 2 rings (SSSR count). The number of hydrogen-bond acceptors (Lipinski definition) is 3. The zero-order valence-electron chi connectivity index (χ0n) is 8.75. The predicted molar refractivity (Wildman–Crippen MR) is 50.8 cm³/mol. The van der Waals surface area contributed by atoms with E-state index in [4.69, 9.17) is 9.47 Å². The van der Waals surface area contributed by atoms with Crippen LogP contribution in [-0.4, -0.2) is 49.0 Å². The van der Waals surface area contributed by atoms with E-state index in [0.717, 1.165) is 26.3 Å². The van der Waals surface area contributed by atoms with Crippen LogP contribution >= 0.6 is 0 Å². The molecule has 2 bridgehead atoms. The molecule has 0 N–H and O–H groups in total. The van der Waals surface area contributed by atoms with Crippen LogP contribution in [0.25, 0.3) is 0 Å². The lowest BCUT2D eigenvalue weighted by molar-refractivity contribution is -0.190. The quantitative estimate of drug-likeness (QED) is 0.559. The summed E-state index contributed by atoms with van der Waals surface area (Å²) in [4.78, 5) is 2.49. The maximum absolute atomic E-state index is 5.78. The van der Waals surface area contributed by atoms with Crippen molar-refractivity contribution in [1.82, 2.24) is 4.90 Å². The van der Waals surface area contributed by atoms with Gasteiger partial charge in [-0.3, -0.25) is 4.90 Å². The Morgan fingerprint density at radius 2 is 1.62 bits per heavy atom. The first kappa shape index (κ1) is 9.44. The lowest BCUT2D eigenvalue weighted by Gasteiger charge is -2.46. The van der Waals surface area contributed by atoms with Gasteiger partial charge in [0.2, 0.25) is 0 Å². The van der Waals surface area contributed by atoms with Gasteiger partial charge in [-0.2, -0.15) is 0 Å². The van der Waals surface area contributed by atoms with Crippen molar-refractivity contribution >= 4 is 0 Å². The van der Waals surface area contributed by atoms with E-state index in [-0.39, 0.29) is 5.54 Å². The van der Waals surface area contributed by atoms with Gasteiger partial charge in [-0.15, -0.1) is 0 Å². The largest absolute Gasteiger partial charge is 0.376 e. The summed E-state index contributed by atoms with van der Waals surface area (Å²) < 4.78 is 11.2. The van der Waals surface area contributed by atoms with Gasteiger partial charge < -0.3 is 9.47 Å². The standard InChI is InChI=1S/C10H19NO2/c1-10(2,3)11-4-8-6-12-7-9(5-11)13-8/h8-9H,4-7H2,1-3H3. The highest BCUT2D eigenvalue weighted by Crippen LogP contribution is 2.23. The molecule has 2 aliphatic rings. The minimum Gasteiger partial charge on any atom is -0.376 e. The van der Waals surface area contributed by atoms with Crippen LogP contribution in [0.3, 0.4) is 0 Å². The molecule has 2 fully saturated rings. The molecular weight excluding hydrogens is 166 g/mol. The normalized spacial score (nSPS) is 36.2. The molecule has 2 saturated heterocycles. The Balaban J connectivity index is 2.01. The molecule has 3 heteroatoms. The third-order valence-electron chi connectivity index (χ3n) is 2.79.